The highest BCUT2D eigenvalue weighted by Crippen LogP contribution is 2.45. The molecule has 2 atom stereocenters. The summed E-state index contributed by atoms with van der Waals surface area (Å²) < 4.78 is 99.0. The summed E-state index contributed by atoms with van der Waals surface area (Å²) in [5.74, 6) is 0.556. The topological polar surface area (TPSA) is 39.7 Å². The number of hydrogen-bond donors (Lipinski definition) is 1. The van der Waals surface area contributed by atoms with Crippen LogP contribution in [0.2, 0.25) is 0 Å². The van der Waals surface area contributed by atoms with Crippen LogP contribution in [0.5, 0.6) is 5.75 Å². The van der Waals surface area contributed by atoms with Crippen LogP contribution in [-0.4, -0.2) is 17.8 Å². The molecule has 0 amide bonds. The average molecular weight is 582 g/mol. The van der Waals surface area contributed by atoms with E-state index >= 15 is 0 Å². The Morgan fingerprint density at radius 3 is 2.12 bits per heavy atom. The molecule has 2 unspecified atom stereocenters. The van der Waals surface area contributed by atoms with Gasteiger partial charge in [-0.3, -0.25) is 0 Å². The van der Waals surface area contributed by atoms with Crippen molar-refractivity contribution in [2.75, 3.05) is 5.32 Å². The average Bonchev–Trinajstić information content (AvgIpc) is 2.86. The first-order valence-electron chi connectivity index (χ1n) is 13.2. The van der Waals surface area contributed by atoms with E-state index in [2.05, 4.69) is 5.32 Å². The summed E-state index contributed by atoms with van der Waals surface area (Å²) in [5.41, 5.74) is -0.344. The van der Waals surface area contributed by atoms with Crippen molar-refractivity contribution in [3.05, 3.63) is 94.0 Å². The lowest BCUT2D eigenvalue weighted by Crippen LogP contribution is -2.51. The van der Waals surface area contributed by atoms with Crippen LogP contribution < -0.4 is 10.1 Å². The maximum atomic E-state index is 13.4. The highest BCUT2D eigenvalue weighted by atomic mass is 19.4. The van der Waals surface area contributed by atoms with Crippen molar-refractivity contribution in [3.63, 3.8) is 0 Å². The lowest BCUT2D eigenvalue weighted by molar-refractivity contribution is -0.177. The van der Waals surface area contributed by atoms with E-state index < -0.39 is 47.9 Å². The number of fused-ring (bicyclic) bond motifs is 1. The monoisotopic (exact) mass is 581 g/mol. The Bertz CT molecular complexity index is 1330. The van der Waals surface area contributed by atoms with Crippen LogP contribution >= 0.6 is 0 Å². The number of ether oxygens (including phenoxy) is 3. The van der Waals surface area contributed by atoms with Crippen LogP contribution in [0, 0.1) is 6.92 Å². The smallest absolute Gasteiger partial charge is 0.416 e. The fourth-order valence-electron chi connectivity index (χ4n) is 4.86. The summed E-state index contributed by atoms with van der Waals surface area (Å²) in [7, 11) is 0. The second-order valence-corrected chi connectivity index (χ2v) is 11.0. The Morgan fingerprint density at radius 1 is 0.902 bits per heavy atom. The van der Waals surface area contributed by atoms with Crippen molar-refractivity contribution in [3.8, 4) is 5.75 Å². The summed E-state index contributed by atoms with van der Waals surface area (Å²) in [6.07, 6.45) is -11.7. The molecule has 1 aliphatic heterocycles. The van der Waals surface area contributed by atoms with Crippen molar-refractivity contribution in [1.82, 2.24) is 0 Å². The lowest BCUT2D eigenvalue weighted by atomic mass is 9.87. The zero-order valence-electron chi connectivity index (χ0n) is 23.4. The molecule has 4 rings (SSSR count). The summed E-state index contributed by atoms with van der Waals surface area (Å²) in [6, 6.07) is 15.0. The molecular weight excluding hydrogens is 548 g/mol. The molecule has 1 N–H and O–H groups in total. The van der Waals surface area contributed by atoms with Gasteiger partial charge in [-0.1, -0.05) is 24.3 Å². The molecule has 1 aliphatic rings. The van der Waals surface area contributed by atoms with Crippen LogP contribution in [0.1, 0.15) is 67.2 Å². The number of anilines is 1. The van der Waals surface area contributed by atoms with Gasteiger partial charge in [-0.2, -0.15) is 26.3 Å². The molecule has 0 fully saturated rings. The van der Waals surface area contributed by atoms with E-state index in [1.807, 2.05) is 63.2 Å². The molecule has 3 aromatic carbocycles. The predicted molar refractivity (Wildman–Crippen MR) is 144 cm³/mol. The maximum Gasteiger partial charge on any atom is 0.416 e. The van der Waals surface area contributed by atoms with Crippen LogP contribution in [0.15, 0.2) is 60.7 Å². The number of halogens is 6. The van der Waals surface area contributed by atoms with Crippen molar-refractivity contribution in [2.45, 2.75) is 84.0 Å². The van der Waals surface area contributed by atoms with Gasteiger partial charge in [-0.25, -0.2) is 0 Å². The number of hydrogen-bond acceptors (Lipinski definition) is 4. The zero-order chi connectivity index (χ0) is 30.2. The lowest BCUT2D eigenvalue weighted by Gasteiger charge is -2.45. The highest BCUT2D eigenvalue weighted by molar-refractivity contribution is 5.54. The van der Waals surface area contributed by atoms with Crippen molar-refractivity contribution < 1.29 is 40.6 Å². The van der Waals surface area contributed by atoms with Crippen LogP contribution in [0.4, 0.5) is 32.0 Å². The molecule has 0 saturated carbocycles. The molecule has 1 heterocycles. The van der Waals surface area contributed by atoms with Gasteiger partial charge in [0, 0.05) is 17.8 Å². The minimum absolute atomic E-state index is 0.101. The van der Waals surface area contributed by atoms with Gasteiger partial charge < -0.3 is 19.5 Å². The number of nitrogens with one attached hydrogen (secondary N) is 1. The molecule has 0 aromatic heterocycles. The third-order valence-electron chi connectivity index (χ3n) is 6.89. The summed E-state index contributed by atoms with van der Waals surface area (Å²) in [4.78, 5) is 0. The predicted octanol–water partition coefficient (Wildman–Crippen LogP) is 8.87. The van der Waals surface area contributed by atoms with E-state index in [0.29, 0.717) is 30.0 Å². The Hall–Kier alpha value is -3.24. The third kappa shape index (κ3) is 7.35. The molecule has 0 spiro atoms. The normalized spacial score (nSPS) is 18.6. The van der Waals surface area contributed by atoms with Crippen LogP contribution in [-0.2, 0) is 35.0 Å². The molecule has 10 heteroatoms. The first-order chi connectivity index (χ1) is 19.0. The molecular formula is C31H33F6NO3. The molecule has 0 saturated heterocycles. The number of rotatable bonds is 8. The van der Waals surface area contributed by atoms with E-state index in [9.17, 15) is 26.3 Å². The summed E-state index contributed by atoms with van der Waals surface area (Å²) in [6.45, 7) is 9.25. The third-order valence-corrected chi connectivity index (χ3v) is 6.89. The fourth-order valence-corrected chi connectivity index (χ4v) is 4.86. The first kappa shape index (κ1) is 30.7. The molecule has 41 heavy (non-hydrogen) atoms. The van der Waals surface area contributed by atoms with Gasteiger partial charge in [0.05, 0.1) is 23.8 Å². The molecule has 0 bridgehead atoms. The van der Waals surface area contributed by atoms with Gasteiger partial charge >= 0.3 is 12.4 Å². The van der Waals surface area contributed by atoms with Crippen molar-refractivity contribution in [1.29, 1.82) is 0 Å². The number of benzene rings is 3. The molecule has 0 radical (unpaired) electrons. The Kier molecular flexibility index (Phi) is 8.66. The van der Waals surface area contributed by atoms with E-state index in [1.54, 1.807) is 13.8 Å². The Balaban J connectivity index is 1.64. The van der Waals surface area contributed by atoms with E-state index in [0.717, 1.165) is 16.8 Å². The largest absolute Gasteiger partial charge is 0.485 e. The van der Waals surface area contributed by atoms with Gasteiger partial charge in [-0.15, -0.1) is 0 Å². The summed E-state index contributed by atoms with van der Waals surface area (Å²) in [5, 5.41) is 3.39. The number of alkyl halides is 6. The highest BCUT2D eigenvalue weighted by Gasteiger charge is 2.46. The van der Waals surface area contributed by atoms with E-state index in [4.69, 9.17) is 14.2 Å². The van der Waals surface area contributed by atoms with Gasteiger partial charge in [0.1, 0.15) is 23.6 Å². The van der Waals surface area contributed by atoms with Gasteiger partial charge in [0.2, 0.25) is 0 Å². The van der Waals surface area contributed by atoms with Crippen LogP contribution in [0.25, 0.3) is 0 Å². The maximum absolute atomic E-state index is 13.4. The van der Waals surface area contributed by atoms with Gasteiger partial charge in [0.15, 0.2) is 0 Å². The molecule has 0 aliphatic carbocycles. The van der Waals surface area contributed by atoms with Gasteiger partial charge in [0.25, 0.3) is 0 Å². The van der Waals surface area contributed by atoms with E-state index in [1.165, 1.54) is 0 Å². The SMILES string of the molecule is Cc1ccccc1CNc1ccc2c(c1)C(OC(C)C)C(OCc1cc(C(F)(F)F)cc(C(F)(F)F)c1)C(C)(C)O2. The summed E-state index contributed by atoms with van der Waals surface area (Å²) >= 11 is 0. The first-order valence-corrected chi connectivity index (χ1v) is 13.2. The van der Waals surface area contributed by atoms with E-state index in [-0.39, 0.29) is 17.7 Å². The van der Waals surface area contributed by atoms with Gasteiger partial charge in [-0.05, 0) is 87.7 Å². The second-order valence-electron chi connectivity index (χ2n) is 11.0. The Morgan fingerprint density at radius 2 is 1.54 bits per heavy atom. The fraction of sp³-hybridized carbons (Fsp3) is 0.419. The van der Waals surface area contributed by atoms with Crippen molar-refractivity contribution >= 4 is 5.69 Å². The number of aryl methyl sites for hydroxylation is 1. The van der Waals surface area contributed by atoms with Crippen LogP contribution in [0.3, 0.4) is 0 Å². The molecule has 4 nitrogen and oxygen atoms in total. The standard InChI is InChI=1S/C31H33F6NO3/c1-18(2)40-27-25-15-24(38-16-21-9-7-6-8-19(21)3)10-11-26(25)41-29(4,5)28(27)39-17-20-12-22(30(32,33)34)14-23(13-20)31(35,36)37/h6-15,18,27-28,38H,16-17H2,1-5H3. The second kappa shape index (κ2) is 11.6. The van der Waals surface area contributed by atoms with Crippen molar-refractivity contribution in [2.24, 2.45) is 0 Å². The quantitative estimate of drug-likeness (QED) is 0.270. The zero-order valence-corrected chi connectivity index (χ0v) is 23.4. The Labute approximate surface area is 235 Å². The minimum atomic E-state index is -4.95. The molecule has 3 aromatic rings. The molecule has 222 valence electrons. The minimum Gasteiger partial charge on any atom is -0.485 e.